The number of hydrogen-bond donors (Lipinski definition) is 1. The normalized spacial score (nSPS) is 12.8. The molecule has 31 heavy (non-hydrogen) atoms. The van der Waals surface area contributed by atoms with Gasteiger partial charge in [-0.05, 0) is 62.6 Å². The minimum absolute atomic E-state index is 0.0438. The Bertz CT molecular complexity index is 1200. The quantitative estimate of drug-likeness (QED) is 0.602. The van der Waals surface area contributed by atoms with Gasteiger partial charge in [-0.2, -0.15) is 0 Å². The van der Waals surface area contributed by atoms with Gasteiger partial charge in [0.05, 0.1) is 4.90 Å². The van der Waals surface area contributed by atoms with Crippen LogP contribution >= 0.6 is 0 Å². The predicted octanol–water partition coefficient (Wildman–Crippen LogP) is 4.03. The number of rotatable bonds is 7. The summed E-state index contributed by atoms with van der Waals surface area (Å²) in [4.78, 5) is 14.1. The van der Waals surface area contributed by atoms with Crippen LogP contribution in [0.4, 0.5) is 0 Å². The molecule has 1 amide bonds. The van der Waals surface area contributed by atoms with E-state index in [2.05, 4.69) is 4.72 Å². The van der Waals surface area contributed by atoms with E-state index in [-0.39, 0.29) is 11.9 Å². The highest BCUT2D eigenvalue weighted by molar-refractivity contribution is 7.89. The number of carbonyl (C=O) groups excluding carboxylic acids is 1. The number of sulfonamides is 1. The molecular formula is C24H31N3O3S. The first-order chi connectivity index (χ1) is 14.5. The van der Waals surface area contributed by atoms with Gasteiger partial charge in [-0.15, -0.1) is 0 Å². The smallest absolute Gasteiger partial charge is 0.253 e. The molecule has 0 radical (unpaired) electrons. The van der Waals surface area contributed by atoms with Crippen molar-refractivity contribution >= 4 is 26.8 Å². The van der Waals surface area contributed by atoms with E-state index in [1.165, 1.54) is 0 Å². The Morgan fingerprint density at radius 1 is 1.06 bits per heavy atom. The molecule has 6 nitrogen and oxygen atoms in total. The lowest BCUT2D eigenvalue weighted by Gasteiger charge is -2.20. The van der Waals surface area contributed by atoms with Crippen LogP contribution in [-0.4, -0.2) is 43.9 Å². The zero-order valence-electron chi connectivity index (χ0n) is 19.1. The van der Waals surface area contributed by atoms with Gasteiger partial charge in [0.15, 0.2) is 0 Å². The molecule has 0 aliphatic heterocycles. The summed E-state index contributed by atoms with van der Waals surface area (Å²) < 4.78 is 31.3. The minimum Gasteiger partial charge on any atom is -0.346 e. The van der Waals surface area contributed by atoms with Crippen LogP contribution in [0.5, 0.6) is 0 Å². The molecule has 1 atom stereocenters. The third-order valence-electron chi connectivity index (χ3n) is 5.53. The van der Waals surface area contributed by atoms with Gasteiger partial charge in [0.2, 0.25) is 10.0 Å². The molecule has 3 rings (SSSR count). The van der Waals surface area contributed by atoms with Crippen molar-refractivity contribution in [2.75, 3.05) is 14.1 Å². The maximum Gasteiger partial charge on any atom is 0.253 e. The standard InChI is InChI=1S/C24H31N3O3S/c1-7-21(25-31(29,30)23-17(3)12-16(2)13-18(23)4)15-27-11-10-19-14-20(8-9-22(19)27)24(28)26(5)6/h8-14,21,25H,7,15H2,1-6H3/t21-/m0/s1. The van der Waals surface area contributed by atoms with E-state index in [9.17, 15) is 13.2 Å². The summed E-state index contributed by atoms with van der Waals surface area (Å²) in [5.41, 5.74) is 4.16. The van der Waals surface area contributed by atoms with E-state index < -0.39 is 10.0 Å². The maximum absolute atomic E-state index is 13.2. The molecule has 0 fully saturated rings. The van der Waals surface area contributed by atoms with Gasteiger partial charge in [-0.3, -0.25) is 4.79 Å². The summed E-state index contributed by atoms with van der Waals surface area (Å²) >= 11 is 0. The van der Waals surface area contributed by atoms with Gasteiger partial charge in [-0.25, -0.2) is 13.1 Å². The topological polar surface area (TPSA) is 71.4 Å². The molecule has 0 spiro atoms. The Morgan fingerprint density at radius 2 is 1.71 bits per heavy atom. The first-order valence-electron chi connectivity index (χ1n) is 10.4. The Hall–Kier alpha value is -2.64. The van der Waals surface area contributed by atoms with Crippen molar-refractivity contribution in [1.29, 1.82) is 0 Å². The summed E-state index contributed by atoms with van der Waals surface area (Å²) in [6, 6.07) is 11.1. The zero-order chi connectivity index (χ0) is 22.9. The average Bonchev–Trinajstić information content (AvgIpc) is 3.07. The largest absolute Gasteiger partial charge is 0.346 e. The van der Waals surface area contributed by atoms with E-state index >= 15 is 0 Å². The van der Waals surface area contributed by atoms with E-state index in [1.54, 1.807) is 19.0 Å². The number of carbonyl (C=O) groups is 1. The van der Waals surface area contributed by atoms with Crippen LogP contribution in [0, 0.1) is 20.8 Å². The molecule has 3 aromatic rings. The SMILES string of the molecule is CC[C@@H](Cn1ccc2cc(C(=O)N(C)C)ccc21)NS(=O)(=O)c1c(C)cc(C)cc1C. The molecule has 0 aliphatic carbocycles. The molecule has 0 bridgehead atoms. The highest BCUT2D eigenvalue weighted by Crippen LogP contribution is 2.23. The first kappa shape index (κ1) is 23.0. The molecule has 1 heterocycles. The summed E-state index contributed by atoms with van der Waals surface area (Å²) in [7, 11) is -0.189. The van der Waals surface area contributed by atoms with E-state index in [0.29, 0.717) is 23.4 Å². The molecule has 0 saturated heterocycles. The third-order valence-corrected chi connectivity index (χ3v) is 7.35. The molecule has 2 aromatic carbocycles. The van der Waals surface area contributed by atoms with Crippen molar-refractivity contribution < 1.29 is 13.2 Å². The van der Waals surface area contributed by atoms with Crippen molar-refractivity contribution in [1.82, 2.24) is 14.2 Å². The second kappa shape index (κ2) is 8.85. The molecule has 0 aliphatic rings. The van der Waals surface area contributed by atoms with Crippen molar-refractivity contribution in [3.63, 3.8) is 0 Å². The Labute approximate surface area is 184 Å². The van der Waals surface area contributed by atoms with E-state index in [1.807, 2.05) is 74.9 Å². The van der Waals surface area contributed by atoms with Crippen LogP contribution in [-0.2, 0) is 16.6 Å². The van der Waals surface area contributed by atoms with Gasteiger partial charge in [0.25, 0.3) is 5.91 Å². The molecule has 1 aromatic heterocycles. The molecule has 166 valence electrons. The lowest BCUT2D eigenvalue weighted by Crippen LogP contribution is -2.38. The highest BCUT2D eigenvalue weighted by atomic mass is 32.2. The van der Waals surface area contributed by atoms with Crippen molar-refractivity contribution in [2.45, 2.75) is 51.6 Å². The second-order valence-corrected chi connectivity index (χ2v) is 10.0. The third kappa shape index (κ3) is 4.83. The number of aryl methyl sites for hydroxylation is 3. The average molecular weight is 442 g/mol. The van der Waals surface area contributed by atoms with Crippen LogP contribution in [0.3, 0.4) is 0 Å². The minimum atomic E-state index is -3.65. The van der Waals surface area contributed by atoms with Crippen LogP contribution in [0.15, 0.2) is 47.5 Å². The second-order valence-electron chi connectivity index (χ2n) is 8.40. The van der Waals surface area contributed by atoms with Gasteiger partial charge in [0.1, 0.15) is 0 Å². The van der Waals surface area contributed by atoms with Gasteiger partial charge in [0, 0.05) is 49.3 Å². The summed E-state index contributed by atoms with van der Waals surface area (Å²) in [6.45, 7) is 8.11. The van der Waals surface area contributed by atoms with Crippen LogP contribution in [0.1, 0.15) is 40.4 Å². The van der Waals surface area contributed by atoms with Crippen molar-refractivity contribution in [2.24, 2.45) is 0 Å². The predicted molar refractivity (Wildman–Crippen MR) is 125 cm³/mol. The van der Waals surface area contributed by atoms with Gasteiger partial charge >= 0.3 is 0 Å². The van der Waals surface area contributed by atoms with Crippen LogP contribution in [0.2, 0.25) is 0 Å². The zero-order valence-corrected chi connectivity index (χ0v) is 19.9. The molecule has 1 N–H and O–H groups in total. The number of fused-ring (bicyclic) bond motifs is 1. The maximum atomic E-state index is 13.2. The highest BCUT2D eigenvalue weighted by Gasteiger charge is 2.23. The number of benzene rings is 2. The van der Waals surface area contributed by atoms with Gasteiger partial charge in [-0.1, -0.05) is 24.6 Å². The molecule has 0 saturated carbocycles. The fourth-order valence-corrected chi connectivity index (χ4v) is 5.87. The summed E-state index contributed by atoms with van der Waals surface area (Å²) in [5, 5.41) is 0.954. The summed E-state index contributed by atoms with van der Waals surface area (Å²) in [6.07, 6.45) is 2.59. The van der Waals surface area contributed by atoms with Crippen LogP contribution in [0.25, 0.3) is 10.9 Å². The molecular weight excluding hydrogens is 410 g/mol. The number of aromatic nitrogens is 1. The van der Waals surface area contributed by atoms with E-state index in [4.69, 9.17) is 0 Å². The number of nitrogens with zero attached hydrogens (tertiary/aromatic N) is 2. The van der Waals surface area contributed by atoms with Crippen molar-refractivity contribution in [3.05, 3.63) is 64.8 Å². The Morgan fingerprint density at radius 3 is 2.29 bits per heavy atom. The van der Waals surface area contributed by atoms with Gasteiger partial charge < -0.3 is 9.47 Å². The molecule has 0 unspecified atom stereocenters. The fraction of sp³-hybridized carbons (Fsp3) is 0.375. The number of hydrogen-bond acceptors (Lipinski definition) is 3. The molecule has 7 heteroatoms. The lowest BCUT2D eigenvalue weighted by atomic mass is 10.1. The van der Waals surface area contributed by atoms with Crippen LogP contribution < -0.4 is 4.72 Å². The van der Waals surface area contributed by atoms with E-state index in [0.717, 1.165) is 27.6 Å². The van der Waals surface area contributed by atoms with Crippen molar-refractivity contribution in [3.8, 4) is 0 Å². The first-order valence-corrected chi connectivity index (χ1v) is 11.9. The fourth-order valence-electron chi connectivity index (χ4n) is 4.11. The monoisotopic (exact) mass is 441 g/mol. The summed E-state index contributed by atoms with van der Waals surface area (Å²) in [5.74, 6) is -0.0438. The Kier molecular flexibility index (Phi) is 6.57. The Balaban J connectivity index is 1.86. The number of amides is 1. The lowest BCUT2D eigenvalue weighted by molar-refractivity contribution is 0.0827. The number of nitrogens with one attached hydrogen (secondary N) is 1.